The third kappa shape index (κ3) is 6.43. The molecule has 0 saturated carbocycles. The molecule has 3 aromatic carbocycles. The minimum absolute atomic E-state index is 0.0522. The lowest BCUT2D eigenvalue weighted by Gasteiger charge is -2.24. The van der Waals surface area contributed by atoms with Crippen LogP contribution >= 0.6 is 0 Å². The molecule has 4 rings (SSSR count). The summed E-state index contributed by atoms with van der Waals surface area (Å²) in [6.07, 6.45) is 1.57. The van der Waals surface area contributed by atoms with Crippen LogP contribution in [0, 0.1) is 27.7 Å². The molecule has 9 heteroatoms. The molecule has 0 aliphatic carbocycles. The number of ether oxygens (including phenoxy) is 1. The normalized spacial score (nSPS) is 11.5. The quantitative estimate of drug-likeness (QED) is 0.207. The van der Waals surface area contributed by atoms with Crippen LogP contribution in [0.3, 0.4) is 0 Å². The van der Waals surface area contributed by atoms with Crippen LogP contribution in [0.15, 0.2) is 88.9 Å². The summed E-state index contributed by atoms with van der Waals surface area (Å²) in [4.78, 5) is 13.0. The summed E-state index contributed by atoms with van der Waals surface area (Å²) in [5, 5.41) is 4.14. The zero-order valence-corrected chi connectivity index (χ0v) is 24.2. The van der Waals surface area contributed by atoms with E-state index in [4.69, 9.17) is 4.74 Å². The molecule has 1 N–H and O–H groups in total. The lowest BCUT2D eigenvalue weighted by atomic mass is 10.2. The summed E-state index contributed by atoms with van der Waals surface area (Å²) in [5.41, 5.74) is 8.90. The van der Waals surface area contributed by atoms with Crippen LogP contribution in [-0.2, 0) is 14.8 Å². The molecule has 0 atom stereocenters. The number of nitrogens with one attached hydrogen (secondary N) is 1. The van der Waals surface area contributed by atoms with E-state index in [0.29, 0.717) is 18.0 Å². The summed E-state index contributed by atoms with van der Waals surface area (Å²) < 4.78 is 35.9. The maximum atomic E-state index is 13.6. The largest absolute Gasteiger partial charge is 0.494 e. The van der Waals surface area contributed by atoms with Crippen LogP contribution in [0.5, 0.6) is 5.75 Å². The Bertz CT molecular complexity index is 1610. The van der Waals surface area contributed by atoms with E-state index in [0.717, 1.165) is 32.5 Å². The van der Waals surface area contributed by atoms with E-state index in [-0.39, 0.29) is 4.90 Å². The van der Waals surface area contributed by atoms with E-state index in [2.05, 4.69) is 39.4 Å². The maximum Gasteiger partial charge on any atom is 0.264 e. The van der Waals surface area contributed by atoms with Crippen LogP contribution in [0.1, 0.15) is 35.0 Å². The molecule has 0 fully saturated rings. The number of hydrogen-bond donors (Lipinski definition) is 1. The number of sulfonamides is 1. The molecule has 0 saturated heterocycles. The first-order chi connectivity index (χ1) is 19.1. The van der Waals surface area contributed by atoms with Crippen LogP contribution in [-0.4, -0.2) is 38.3 Å². The van der Waals surface area contributed by atoms with Crippen molar-refractivity contribution < 1.29 is 17.9 Å². The lowest BCUT2D eigenvalue weighted by Crippen LogP contribution is -2.39. The first kappa shape index (κ1) is 28.6. The van der Waals surface area contributed by atoms with Crippen LogP contribution in [0.25, 0.3) is 5.69 Å². The highest BCUT2D eigenvalue weighted by molar-refractivity contribution is 7.92. The highest BCUT2D eigenvalue weighted by Crippen LogP contribution is 2.26. The number of hydrazone groups is 1. The number of amides is 1. The van der Waals surface area contributed by atoms with Crippen molar-refractivity contribution in [2.24, 2.45) is 5.10 Å². The number of aromatic nitrogens is 1. The van der Waals surface area contributed by atoms with E-state index < -0.39 is 22.5 Å². The van der Waals surface area contributed by atoms with Gasteiger partial charge in [-0.3, -0.25) is 9.10 Å². The van der Waals surface area contributed by atoms with Gasteiger partial charge in [0, 0.05) is 22.6 Å². The van der Waals surface area contributed by atoms with Crippen molar-refractivity contribution in [3.8, 4) is 11.4 Å². The highest BCUT2D eigenvalue weighted by Gasteiger charge is 2.27. The van der Waals surface area contributed by atoms with Crippen molar-refractivity contribution in [1.29, 1.82) is 0 Å². The molecule has 40 heavy (non-hydrogen) atoms. The Kier molecular flexibility index (Phi) is 8.74. The zero-order valence-electron chi connectivity index (χ0n) is 23.4. The summed E-state index contributed by atoms with van der Waals surface area (Å²) in [7, 11) is -4.05. The molecule has 1 aromatic heterocycles. The van der Waals surface area contributed by atoms with Gasteiger partial charge in [-0.25, -0.2) is 13.8 Å². The van der Waals surface area contributed by atoms with Gasteiger partial charge in [0.15, 0.2) is 0 Å². The highest BCUT2D eigenvalue weighted by atomic mass is 32.2. The molecule has 208 valence electrons. The van der Waals surface area contributed by atoms with Crippen LogP contribution in [0.4, 0.5) is 5.69 Å². The third-order valence-electron chi connectivity index (χ3n) is 6.49. The van der Waals surface area contributed by atoms with Crippen LogP contribution < -0.4 is 14.5 Å². The number of rotatable bonds is 10. The van der Waals surface area contributed by atoms with Gasteiger partial charge in [0.1, 0.15) is 12.3 Å². The van der Waals surface area contributed by atoms with Crippen molar-refractivity contribution in [3.63, 3.8) is 0 Å². The minimum Gasteiger partial charge on any atom is -0.494 e. The predicted octanol–water partition coefficient (Wildman–Crippen LogP) is 5.46. The van der Waals surface area contributed by atoms with Crippen molar-refractivity contribution in [1.82, 2.24) is 9.99 Å². The Hall–Kier alpha value is -4.37. The average Bonchev–Trinajstić information content (AvgIpc) is 3.21. The van der Waals surface area contributed by atoms with Gasteiger partial charge in [-0.05, 0) is 89.2 Å². The molecule has 0 spiro atoms. The number of hydrogen-bond acceptors (Lipinski definition) is 5. The monoisotopic (exact) mass is 558 g/mol. The van der Waals surface area contributed by atoms with Gasteiger partial charge < -0.3 is 9.30 Å². The fraction of sp³-hybridized carbons (Fsp3) is 0.226. The molecule has 1 heterocycles. The number of nitrogens with zero attached hydrogens (tertiary/aromatic N) is 3. The van der Waals surface area contributed by atoms with Crippen molar-refractivity contribution >= 4 is 27.8 Å². The van der Waals surface area contributed by atoms with E-state index in [1.807, 2.05) is 40.7 Å². The number of aryl methyl sites for hydroxylation is 3. The number of benzene rings is 3. The summed E-state index contributed by atoms with van der Waals surface area (Å²) in [5.74, 6) is -0.00386. The predicted molar refractivity (Wildman–Crippen MR) is 159 cm³/mol. The van der Waals surface area contributed by atoms with E-state index >= 15 is 0 Å². The van der Waals surface area contributed by atoms with Gasteiger partial charge in [-0.2, -0.15) is 5.10 Å². The topological polar surface area (TPSA) is 93.0 Å². The molecule has 0 radical (unpaired) electrons. The average molecular weight is 559 g/mol. The van der Waals surface area contributed by atoms with Crippen molar-refractivity contribution in [3.05, 3.63) is 107 Å². The fourth-order valence-corrected chi connectivity index (χ4v) is 5.80. The molecule has 0 aliphatic rings. The second kappa shape index (κ2) is 12.2. The third-order valence-corrected chi connectivity index (χ3v) is 8.28. The summed E-state index contributed by atoms with van der Waals surface area (Å²) >= 11 is 0. The van der Waals surface area contributed by atoms with E-state index in [9.17, 15) is 13.2 Å². The SMILES string of the molecule is CCOc1ccc(S(=O)(=O)N(CC(=O)N/N=C/c2cc(C)n(-c3ccc(C)cc3)c2C)c2ccc(C)cc2)cc1. The Morgan fingerprint density at radius 2 is 1.52 bits per heavy atom. The first-order valence-electron chi connectivity index (χ1n) is 13.0. The molecule has 8 nitrogen and oxygen atoms in total. The van der Waals surface area contributed by atoms with Gasteiger partial charge in [-0.15, -0.1) is 0 Å². The second-order valence-electron chi connectivity index (χ2n) is 9.54. The van der Waals surface area contributed by atoms with E-state index in [1.165, 1.54) is 17.7 Å². The van der Waals surface area contributed by atoms with Crippen molar-refractivity contribution in [2.75, 3.05) is 17.5 Å². The smallest absolute Gasteiger partial charge is 0.264 e. The molecule has 0 aliphatic heterocycles. The summed E-state index contributed by atoms with van der Waals surface area (Å²) in [6, 6.07) is 23.3. The molecule has 1 amide bonds. The summed E-state index contributed by atoms with van der Waals surface area (Å²) in [6.45, 7) is 9.82. The molecular formula is C31H34N4O4S. The molecular weight excluding hydrogens is 524 g/mol. The zero-order chi connectivity index (χ0) is 28.9. The lowest BCUT2D eigenvalue weighted by molar-refractivity contribution is -0.119. The Labute approximate surface area is 236 Å². The molecule has 0 bridgehead atoms. The van der Waals surface area contributed by atoms with Gasteiger partial charge in [0.2, 0.25) is 0 Å². The van der Waals surface area contributed by atoms with Crippen LogP contribution in [0.2, 0.25) is 0 Å². The second-order valence-corrected chi connectivity index (χ2v) is 11.4. The van der Waals surface area contributed by atoms with Gasteiger partial charge in [0.25, 0.3) is 15.9 Å². The van der Waals surface area contributed by atoms with Gasteiger partial charge in [0.05, 0.1) is 23.4 Å². The molecule has 4 aromatic rings. The Balaban J connectivity index is 1.54. The Morgan fingerprint density at radius 3 is 2.12 bits per heavy atom. The first-order valence-corrected chi connectivity index (χ1v) is 14.4. The minimum atomic E-state index is -4.05. The fourth-order valence-electron chi connectivity index (χ4n) is 4.38. The number of carbonyl (C=O) groups is 1. The number of anilines is 1. The van der Waals surface area contributed by atoms with Gasteiger partial charge >= 0.3 is 0 Å². The number of carbonyl (C=O) groups excluding carboxylic acids is 1. The van der Waals surface area contributed by atoms with E-state index in [1.54, 1.807) is 42.6 Å². The van der Waals surface area contributed by atoms with Crippen molar-refractivity contribution in [2.45, 2.75) is 39.5 Å². The Morgan fingerprint density at radius 1 is 0.925 bits per heavy atom. The molecule has 0 unspecified atom stereocenters. The standard InChI is InChI=1S/C31H34N4O4S/c1-6-39-29-15-17-30(18-16-29)40(37,38)34(27-11-7-22(2)8-12-27)21-31(36)33-32-20-26-19-24(4)35(25(26)5)28-13-9-23(3)10-14-28/h7-20H,6,21H2,1-5H3,(H,33,36)/b32-20+. The maximum absolute atomic E-state index is 13.6. The van der Waals surface area contributed by atoms with Gasteiger partial charge in [-0.1, -0.05) is 35.4 Å².